The van der Waals surface area contributed by atoms with E-state index in [0.29, 0.717) is 33.2 Å². The van der Waals surface area contributed by atoms with E-state index in [2.05, 4.69) is 20.7 Å². The van der Waals surface area contributed by atoms with Crippen LogP contribution in [0.5, 0.6) is 11.5 Å². The van der Waals surface area contributed by atoms with Gasteiger partial charge in [-0.1, -0.05) is 23.7 Å². The Kier molecular flexibility index (Phi) is 8.07. The number of thioether (sulfide) groups is 1. The molecule has 1 aliphatic rings. The summed E-state index contributed by atoms with van der Waals surface area (Å²) in [6.45, 7) is 0.193. The molecule has 1 fully saturated rings. The Morgan fingerprint density at radius 3 is 2.58 bits per heavy atom. The number of methoxy groups -OCH3 is 2. The van der Waals surface area contributed by atoms with Gasteiger partial charge in [-0.15, -0.1) is 0 Å². The first kappa shape index (κ1) is 25.9. The van der Waals surface area contributed by atoms with Gasteiger partial charge in [0.25, 0.3) is 11.1 Å². The van der Waals surface area contributed by atoms with Crippen molar-refractivity contribution in [1.82, 2.24) is 4.90 Å². The molecular formula is C25H19BrClNO7S. The van der Waals surface area contributed by atoms with Crippen LogP contribution in [-0.4, -0.2) is 36.2 Å². The highest BCUT2D eigenvalue weighted by Gasteiger charge is 2.36. The number of carbonyl (C=O) groups excluding carboxylic acids is 3. The molecule has 3 aromatic rings. The number of esters is 1. The molecule has 36 heavy (non-hydrogen) atoms. The number of nitrogens with zero attached hydrogens (tertiary/aromatic N) is 1. The Bertz CT molecular complexity index is 1350. The summed E-state index contributed by atoms with van der Waals surface area (Å²) in [6, 6.07) is 13.7. The van der Waals surface area contributed by atoms with Crippen LogP contribution in [0.1, 0.15) is 27.4 Å². The minimum atomic E-state index is -0.643. The summed E-state index contributed by atoms with van der Waals surface area (Å²) in [6.07, 6.45) is 1.60. The van der Waals surface area contributed by atoms with Gasteiger partial charge in [0, 0.05) is 5.02 Å². The Morgan fingerprint density at radius 2 is 1.89 bits per heavy atom. The van der Waals surface area contributed by atoms with Crippen molar-refractivity contribution in [2.45, 2.75) is 13.2 Å². The molecule has 1 aliphatic heterocycles. The summed E-state index contributed by atoms with van der Waals surface area (Å²) >= 11 is 10.2. The lowest BCUT2D eigenvalue weighted by Gasteiger charge is -2.14. The molecule has 11 heteroatoms. The molecular weight excluding hydrogens is 574 g/mol. The average molecular weight is 593 g/mol. The van der Waals surface area contributed by atoms with Crippen LogP contribution in [0.2, 0.25) is 5.02 Å². The zero-order valence-electron chi connectivity index (χ0n) is 19.1. The molecule has 0 radical (unpaired) electrons. The highest BCUT2D eigenvalue weighted by atomic mass is 79.9. The fraction of sp³-hybridized carbons (Fsp3) is 0.160. The molecule has 0 bridgehead atoms. The highest BCUT2D eigenvalue weighted by molar-refractivity contribution is 9.10. The zero-order valence-corrected chi connectivity index (χ0v) is 22.2. The fourth-order valence-electron chi connectivity index (χ4n) is 3.32. The second kappa shape index (κ2) is 11.2. The number of rotatable bonds is 8. The lowest BCUT2D eigenvalue weighted by atomic mass is 10.1. The molecule has 0 aliphatic carbocycles. The maximum absolute atomic E-state index is 12.9. The van der Waals surface area contributed by atoms with Crippen LogP contribution in [0.3, 0.4) is 0 Å². The van der Waals surface area contributed by atoms with Crippen LogP contribution >= 0.6 is 39.3 Å². The largest absolute Gasteiger partial charge is 0.493 e. The molecule has 1 aromatic heterocycles. The SMILES string of the molecule is COC(=O)c1ccc(CN2C(=O)S/C(=C/c3cc(Br)c(OCc4ccc(Cl)cc4)c(OC)c3)C2=O)o1. The number of ether oxygens (including phenoxy) is 3. The van der Waals surface area contributed by atoms with E-state index >= 15 is 0 Å². The van der Waals surface area contributed by atoms with E-state index in [1.54, 1.807) is 30.3 Å². The fourth-order valence-corrected chi connectivity index (χ4v) is 4.85. The molecule has 0 atom stereocenters. The third-order valence-corrected chi connectivity index (χ3v) is 6.83. The van der Waals surface area contributed by atoms with Gasteiger partial charge in [0.2, 0.25) is 5.76 Å². The van der Waals surface area contributed by atoms with Crippen molar-refractivity contribution in [1.29, 1.82) is 0 Å². The first-order valence-electron chi connectivity index (χ1n) is 10.5. The normalized spacial score (nSPS) is 14.4. The second-order valence-electron chi connectivity index (χ2n) is 7.47. The first-order chi connectivity index (χ1) is 17.3. The Labute approximate surface area is 224 Å². The maximum Gasteiger partial charge on any atom is 0.373 e. The van der Waals surface area contributed by atoms with E-state index in [0.717, 1.165) is 22.2 Å². The Morgan fingerprint density at radius 1 is 1.14 bits per heavy atom. The molecule has 0 N–H and O–H groups in total. The number of halogens is 2. The average Bonchev–Trinajstić information content (AvgIpc) is 3.44. The summed E-state index contributed by atoms with van der Waals surface area (Å²) in [4.78, 5) is 38.3. The molecule has 1 saturated heterocycles. The van der Waals surface area contributed by atoms with Gasteiger partial charge in [-0.05, 0) is 81.3 Å². The minimum Gasteiger partial charge on any atom is -0.493 e. The summed E-state index contributed by atoms with van der Waals surface area (Å²) in [5, 5.41) is 0.192. The van der Waals surface area contributed by atoms with E-state index in [1.807, 2.05) is 12.1 Å². The van der Waals surface area contributed by atoms with E-state index in [9.17, 15) is 14.4 Å². The van der Waals surface area contributed by atoms with Crippen molar-refractivity contribution < 1.29 is 33.0 Å². The topological polar surface area (TPSA) is 95.3 Å². The Balaban J connectivity index is 1.50. The maximum atomic E-state index is 12.9. The van der Waals surface area contributed by atoms with Gasteiger partial charge in [0.1, 0.15) is 12.4 Å². The van der Waals surface area contributed by atoms with Crippen LogP contribution < -0.4 is 9.47 Å². The molecule has 186 valence electrons. The monoisotopic (exact) mass is 591 g/mol. The summed E-state index contributed by atoms with van der Waals surface area (Å²) in [5.74, 6) is 0.108. The highest BCUT2D eigenvalue weighted by Crippen LogP contribution is 2.39. The third kappa shape index (κ3) is 5.77. The third-order valence-electron chi connectivity index (χ3n) is 5.08. The number of imide groups is 1. The lowest BCUT2D eigenvalue weighted by molar-refractivity contribution is -0.123. The molecule has 4 rings (SSSR count). The predicted octanol–water partition coefficient (Wildman–Crippen LogP) is 6.31. The number of furan rings is 1. The number of carbonyl (C=O) groups is 3. The second-order valence-corrected chi connectivity index (χ2v) is 9.76. The van der Waals surface area contributed by atoms with Crippen molar-refractivity contribution in [2.24, 2.45) is 0 Å². The number of hydrogen-bond acceptors (Lipinski definition) is 8. The van der Waals surface area contributed by atoms with Crippen molar-refractivity contribution in [3.63, 3.8) is 0 Å². The minimum absolute atomic E-state index is 0.00895. The van der Waals surface area contributed by atoms with Gasteiger partial charge >= 0.3 is 5.97 Å². The molecule has 2 heterocycles. The van der Waals surface area contributed by atoms with Gasteiger partial charge in [-0.2, -0.15) is 0 Å². The van der Waals surface area contributed by atoms with Gasteiger partial charge in [-0.25, -0.2) is 4.79 Å². The quantitative estimate of drug-likeness (QED) is 0.222. The van der Waals surface area contributed by atoms with E-state index in [-0.39, 0.29) is 23.0 Å². The van der Waals surface area contributed by atoms with Crippen molar-refractivity contribution in [2.75, 3.05) is 14.2 Å². The van der Waals surface area contributed by atoms with Crippen LogP contribution in [0.4, 0.5) is 4.79 Å². The first-order valence-corrected chi connectivity index (χ1v) is 12.4. The van der Waals surface area contributed by atoms with Gasteiger partial charge in [0.05, 0.1) is 30.1 Å². The van der Waals surface area contributed by atoms with Crippen LogP contribution in [0.25, 0.3) is 6.08 Å². The van der Waals surface area contributed by atoms with Gasteiger partial charge in [0.15, 0.2) is 11.5 Å². The van der Waals surface area contributed by atoms with E-state index in [4.69, 9.17) is 25.5 Å². The Hall–Kier alpha value is -3.21. The number of hydrogen-bond donors (Lipinski definition) is 0. The van der Waals surface area contributed by atoms with E-state index in [1.165, 1.54) is 26.4 Å². The van der Waals surface area contributed by atoms with Crippen molar-refractivity contribution in [3.05, 3.63) is 85.6 Å². The zero-order chi connectivity index (χ0) is 25.8. The molecule has 8 nitrogen and oxygen atoms in total. The summed E-state index contributed by atoms with van der Waals surface area (Å²) in [5.41, 5.74) is 1.57. The van der Waals surface area contributed by atoms with Gasteiger partial charge in [-0.3, -0.25) is 14.5 Å². The smallest absolute Gasteiger partial charge is 0.373 e. The summed E-state index contributed by atoms with van der Waals surface area (Å²) in [7, 11) is 2.75. The predicted molar refractivity (Wildman–Crippen MR) is 138 cm³/mol. The van der Waals surface area contributed by atoms with E-state index < -0.39 is 17.1 Å². The number of benzene rings is 2. The lowest BCUT2D eigenvalue weighted by Crippen LogP contribution is -2.27. The van der Waals surface area contributed by atoms with Gasteiger partial charge < -0.3 is 18.6 Å². The van der Waals surface area contributed by atoms with Crippen LogP contribution in [0, 0.1) is 0 Å². The molecule has 2 aromatic carbocycles. The van der Waals surface area contributed by atoms with Crippen molar-refractivity contribution >= 4 is 62.5 Å². The van der Waals surface area contributed by atoms with Crippen molar-refractivity contribution in [3.8, 4) is 11.5 Å². The van der Waals surface area contributed by atoms with Crippen LogP contribution in [0.15, 0.2) is 62.3 Å². The molecule has 2 amide bonds. The molecule has 0 unspecified atom stereocenters. The molecule has 0 spiro atoms. The number of amides is 2. The molecule has 0 saturated carbocycles. The van der Waals surface area contributed by atoms with Crippen LogP contribution in [-0.2, 0) is 22.7 Å². The summed E-state index contributed by atoms with van der Waals surface area (Å²) < 4.78 is 22.0. The standard InChI is InChI=1S/C25H19BrClNO7S/c1-32-20-10-15(9-18(26)22(20)34-13-14-3-5-16(27)6-4-14)11-21-23(29)28(25(31)36-21)12-17-7-8-19(35-17)24(30)33-2/h3-11H,12-13H2,1-2H3/b21-11+.